The minimum atomic E-state index is -0.451. The molecule has 2 aromatic heterocycles. The van der Waals surface area contributed by atoms with E-state index in [1.54, 1.807) is 12.1 Å². The molecule has 0 atom stereocenters. The Labute approximate surface area is 87.8 Å². The van der Waals surface area contributed by atoms with Crippen molar-refractivity contribution in [2.24, 2.45) is 0 Å². The van der Waals surface area contributed by atoms with Gasteiger partial charge in [-0.3, -0.25) is 0 Å². The van der Waals surface area contributed by atoms with Crippen LogP contribution >= 0.6 is 15.9 Å². The van der Waals surface area contributed by atoms with Crippen molar-refractivity contribution in [1.82, 2.24) is 14.6 Å². The number of aromatic nitrogens is 3. The Bertz CT molecular complexity index is 494. The molecule has 0 aromatic carbocycles. The first-order chi connectivity index (χ1) is 6.74. The summed E-state index contributed by atoms with van der Waals surface area (Å²) in [6.45, 7) is 0. The lowest BCUT2D eigenvalue weighted by atomic mass is 10.3. The molecular formula is C8H6BrN3O2. The molecule has 0 N–H and O–H groups in total. The van der Waals surface area contributed by atoms with Crippen LogP contribution < -0.4 is 0 Å². The van der Waals surface area contributed by atoms with E-state index in [4.69, 9.17) is 0 Å². The Morgan fingerprint density at radius 3 is 3.07 bits per heavy atom. The fourth-order valence-corrected chi connectivity index (χ4v) is 1.61. The molecule has 0 saturated heterocycles. The van der Waals surface area contributed by atoms with Gasteiger partial charge in [0.25, 0.3) is 0 Å². The van der Waals surface area contributed by atoms with Crippen LogP contribution in [0.1, 0.15) is 10.5 Å². The van der Waals surface area contributed by atoms with E-state index in [-0.39, 0.29) is 0 Å². The number of methoxy groups -OCH3 is 1. The van der Waals surface area contributed by atoms with Crippen LogP contribution in [0, 0.1) is 0 Å². The Morgan fingerprint density at radius 1 is 1.57 bits per heavy atom. The van der Waals surface area contributed by atoms with Crippen LogP contribution in [0.25, 0.3) is 5.65 Å². The minimum absolute atomic E-state index is 0.336. The number of ether oxygens (including phenoxy) is 1. The Balaban J connectivity index is 2.76. The van der Waals surface area contributed by atoms with E-state index in [9.17, 15) is 4.79 Å². The maximum Gasteiger partial charge on any atom is 0.357 e. The third kappa shape index (κ3) is 1.27. The smallest absolute Gasteiger partial charge is 0.357 e. The number of hydrogen-bond acceptors (Lipinski definition) is 4. The van der Waals surface area contributed by atoms with Gasteiger partial charge in [0.1, 0.15) is 6.33 Å². The number of hydrogen-bond donors (Lipinski definition) is 0. The van der Waals surface area contributed by atoms with Crippen molar-refractivity contribution in [3.8, 4) is 0 Å². The monoisotopic (exact) mass is 255 g/mol. The largest absolute Gasteiger partial charge is 0.464 e. The van der Waals surface area contributed by atoms with Gasteiger partial charge in [0, 0.05) is 0 Å². The minimum Gasteiger partial charge on any atom is -0.464 e. The summed E-state index contributed by atoms with van der Waals surface area (Å²) in [4.78, 5) is 15.4. The molecule has 14 heavy (non-hydrogen) atoms. The topological polar surface area (TPSA) is 56.5 Å². The third-order valence-electron chi connectivity index (χ3n) is 1.77. The van der Waals surface area contributed by atoms with Crippen molar-refractivity contribution < 1.29 is 9.53 Å². The highest BCUT2D eigenvalue weighted by Crippen LogP contribution is 2.18. The third-order valence-corrected chi connectivity index (χ3v) is 2.41. The van der Waals surface area contributed by atoms with Gasteiger partial charge in [-0.05, 0) is 28.1 Å². The van der Waals surface area contributed by atoms with E-state index < -0.39 is 5.97 Å². The SMILES string of the molecule is COC(=O)c1c(Br)ccc2ncnn12. The van der Waals surface area contributed by atoms with Crippen molar-refractivity contribution in [3.63, 3.8) is 0 Å². The standard InChI is InChI=1S/C8H6BrN3O2/c1-14-8(13)7-5(9)2-3-6-10-4-11-12(6)7/h2-4H,1H3. The van der Waals surface area contributed by atoms with Gasteiger partial charge in [-0.2, -0.15) is 5.10 Å². The quantitative estimate of drug-likeness (QED) is 0.721. The van der Waals surface area contributed by atoms with Crippen LogP contribution in [-0.2, 0) is 4.74 Å². The lowest BCUT2D eigenvalue weighted by molar-refractivity contribution is 0.0589. The van der Waals surface area contributed by atoms with Gasteiger partial charge in [0.2, 0.25) is 0 Å². The lowest BCUT2D eigenvalue weighted by Crippen LogP contribution is -2.10. The normalized spacial score (nSPS) is 10.4. The molecule has 0 unspecified atom stereocenters. The van der Waals surface area contributed by atoms with Gasteiger partial charge in [-0.15, -0.1) is 0 Å². The second-order valence-corrected chi connectivity index (χ2v) is 3.41. The number of halogens is 1. The number of carbonyl (C=O) groups excluding carboxylic acids is 1. The summed E-state index contributed by atoms with van der Waals surface area (Å²) in [7, 11) is 1.32. The molecule has 0 aliphatic rings. The molecule has 0 amide bonds. The summed E-state index contributed by atoms with van der Waals surface area (Å²) in [5, 5.41) is 3.92. The number of esters is 1. The number of carbonyl (C=O) groups is 1. The second kappa shape index (κ2) is 3.38. The van der Waals surface area contributed by atoms with Crippen LogP contribution in [0.5, 0.6) is 0 Å². The van der Waals surface area contributed by atoms with E-state index in [1.807, 2.05) is 0 Å². The first kappa shape index (κ1) is 9.14. The van der Waals surface area contributed by atoms with Crippen molar-refractivity contribution in [2.45, 2.75) is 0 Å². The number of nitrogens with zero attached hydrogens (tertiary/aromatic N) is 3. The van der Waals surface area contributed by atoms with Crippen LogP contribution in [0.15, 0.2) is 22.9 Å². The molecule has 0 aliphatic heterocycles. The van der Waals surface area contributed by atoms with Gasteiger partial charge in [-0.25, -0.2) is 14.3 Å². The van der Waals surface area contributed by atoms with E-state index in [1.165, 1.54) is 18.0 Å². The molecule has 0 radical (unpaired) electrons. The summed E-state index contributed by atoms with van der Waals surface area (Å²) < 4.78 is 6.69. The first-order valence-electron chi connectivity index (χ1n) is 3.80. The zero-order valence-electron chi connectivity index (χ0n) is 7.27. The molecule has 0 bridgehead atoms. The summed E-state index contributed by atoms with van der Waals surface area (Å²) >= 11 is 3.25. The van der Waals surface area contributed by atoms with Crippen molar-refractivity contribution >= 4 is 27.5 Å². The maximum absolute atomic E-state index is 11.4. The molecule has 0 saturated carbocycles. The van der Waals surface area contributed by atoms with E-state index in [0.29, 0.717) is 15.8 Å². The molecule has 2 rings (SSSR count). The Kier molecular flexibility index (Phi) is 2.20. The maximum atomic E-state index is 11.4. The van der Waals surface area contributed by atoms with Crippen molar-refractivity contribution in [1.29, 1.82) is 0 Å². The summed E-state index contributed by atoms with van der Waals surface area (Å²) in [5.41, 5.74) is 0.941. The molecule has 72 valence electrons. The van der Waals surface area contributed by atoms with E-state index in [2.05, 4.69) is 30.7 Å². The predicted octanol–water partition coefficient (Wildman–Crippen LogP) is 1.28. The van der Waals surface area contributed by atoms with E-state index in [0.717, 1.165) is 0 Å². The average molecular weight is 256 g/mol. The molecular weight excluding hydrogens is 250 g/mol. The van der Waals surface area contributed by atoms with Crippen molar-refractivity contribution in [2.75, 3.05) is 7.11 Å². The Morgan fingerprint density at radius 2 is 2.36 bits per heavy atom. The molecule has 2 aromatic rings. The lowest BCUT2D eigenvalue weighted by Gasteiger charge is -2.03. The van der Waals surface area contributed by atoms with Crippen LogP contribution in [-0.4, -0.2) is 27.7 Å². The second-order valence-electron chi connectivity index (χ2n) is 2.55. The highest BCUT2D eigenvalue weighted by Gasteiger charge is 2.15. The molecule has 2 heterocycles. The van der Waals surface area contributed by atoms with Gasteiger partial charge in [0.05, 0.1) is 11.6 Å². The highest BCUT2D eigenvalue weighted by molar-refractivity contribution is 9.10. The highest BCUT2D eigenvalue weighted by atomic mass is 79.9. The number of rotatable bonds is 1. The van der Waals surface area contributed by atoms with Crippen molar-refractivity contribution in [3.05, 3.63) is 28.6 Å². The summed E-state index contributed by atoms with van der Waals surface area (Å²) in [6, 6.07) is 3.49. The van der Waals surface area contributed by atoms with E-state index >= 15 is 0 Å². The molecule has 0 aliphatic carbocycles. The molecule has 0 spiro atoms. The molecule has 0 fully saturated rings. The molecule has 6 heteroatoms. The summed E-state index contributed by atoms with van der Waals surface area (Å²) in [5.74, 6) is -0.451. The zero-order chi connectivity index (χ0) is 10.1. The Hall–Kier alpha value is -1.43. The fourth-order valence-electron chi connectivity index (χ4n) is 1.14. The number of fused-ring (bicyclic) bond motifs is 1. The van der Waals surface area contributed by atoms with Gasteiger partial charge in [-0.1, -0.05) is 0 Å². The summed E-state index contributed by atoms with van der Waals surface area (Å²) in [6.07, 6.45) is 1.38. The van der Waals surface area contributed by atoms with Gasteiger partial charge >= 0.3 is 5.97 Å². The number of pyridine rings is 1. The zero-order valence-corrected chi connectivity index (χ0v) is 8.85. The van der Waals surface area contributed by atoms with Crippen LogP contribution in [0.4, 0.5) is 0 Å². The van der Waals surface area contributed by atoms with Gasteiger partial charge in [0.15, 0.2) is 11.3 Å². The first-order valence-corrected chi connectivity index (χ1v) is 4.60. The average Bonchev–Trinajstić information content (AvgIpc) is 2.64. The van der Waals surface area contributed by atoms with Crippen LogP contribution in [0.3, 0.4) is 0 Å². The fraction of sp³-hybridized carbons (Fsp3) is 0.125. The van der Waals surface area contributed by atoms with Crippen LogP contribution in [0.2, 0.25) is 0 Å². The molecule has 5 nitrogen and oxygen atoms in total. The predicted molar refractivity (Wildman–Crippen MR) is 52.0 cm³/mol. The van der Waals surface area contributed by atoms with Gasteiger partial charge < -0.3 is 4.74 Å².